The van der Waals surface area contributed by atoms with Crippen LogP contribution >= 0.6 is 11.3 Å². The molecule has 2 aromatic carbocycles. The first-order chi connectivity index (χ1) is 25.7. The van der Waals surface area contributed by atoms with Crippen molar-refractivity contribution in [2.24, 2.45) is 0 Å². The molecule has 0 spiro atoms. The molecule has 1 aliphatic carbocycles. The molecule has 0 amide bonds. The van der Waals surface area contributed by atoms with Crippen LogP contribution < -0.4 is 0 Å². The van der Waals surface area contributed by atoms with E-state index in [2.05, 4.69) is 27.1 Å². The van der Waals surface area contributed by atoms with Gasteiger partial charge in [0, 0.05) is 50.5 Å². The maximum Gasteiger partial charge on any atom is 0.113 e. The van der Waals surface area contributed by atoms with E-state index in [0.29, 0.717) is 34.5 Å². The predicted octanol–water partition coefficient (Wildman–Crippen LogP) is 9.52. The quantitative estimate of drug-likeness (QED) is 0.170. The minimum absolute atomic E-state index is 0. The summed E-state index contributed by atoms with van der Waals surface area (Å²) in [6, 6.07) is 9.08. The molecule has 1 aliphatic rings. The van der Waals surface area contributed by atoms with Gasteiger partial charge in [-0.3, -0.25) is 0 Å². The maximum absolute atomic E-state index is 8.85. The molecular formula is C35H31IrN3S-2. The molecule has 1 fully saturated rings. The van der Waals surface area contributed by atoms with Gasteiger partial charge in [-0.05, 0) is 73.8 Å². The average Bonchev–Trinajstić information content (AvgIpc) is 3.50. The van der Waals surface area contributed by atoms with E-state index in [1.807, 2.05) is 6.07 Å². The van der Waals surface area contributed by atoms with Crippen LogP contribution in [0.4, 0.5) is 0 Å². The van der Waals surface area contributed by atoms with Gasteiger partial charge in [0.05, 0.1) is 6.85 Å². The monoisotopic (exact) mass is 734 g/mol. The van der Waals surface area contributed by atoms with E-state index < -0.39 is 67.6 Å². The number of thiophene rings is 1. The molecule has 40 heavy (non-hydrogen) atoms. The Hall–Kier alpha value is -3.24. The molecule has 0 N–H and O–H groups in total. The zero-order valence-electron chi connectivity index (χ0n) is 37.0. The molecule has 0 saturated heterocycles. The largest absolute Gasteiger partial charge is 0.304 e. The van der Waals surface area contributed by atoms with Crippen LogP contribution in [0.5, 0.6) is 0 Å². The minimum Gasteiger partial charge on any atom is -0.304 e. The molecule has 4 aromatic heterocycles. The van der Waals surface area contributed by atoms with Gasteiger partial charge in [0.1, 0.15) is 4.83 Å². The Kier molecular flexibility index (Phi) is 4.72. The molecule has 0 bridgehead atoms. The smallest absolute Gasteiger partial charge is 0.113 e. The van der Waals surface area contributed by atoms with Crippen molar-refractivity contribution in [3.05, 3.63) is 114 Å². The third-order valence-corrected chi connectivity index (χ3v) is 7.47. The zero-order valence-corrected chi connectivity index (χ0v) is 24.2. The van der Waals surface area contributed by atoms with Crippen molar-refractivity contribution in [2.45, 2.75) is 51.7 Å². The van der Waals surface area contributed by atoms with Crippen LogP contribution in [0, 0.1) is 25.8 Å². The van der Waals surface area contributed by atoms with Crippen LogP contribution in [0.25, 0.3) is 42.8 Å². The van der Waals surface area contributed by atoms with Crippen LogP contribution in [0.1, 0.15) is 76.8 Å². The third-order valence-electron chi connectivity index (χ3n) is 6.33. The first-order valence-electron chi connectivity index (χ1n) is 20.4. The fraction of sp³-hybridized carbons (Fsp3) is 0.229. The van der Waals surface area contributed by atoms with Crippen molar-refractivity contribution in [2.75, 3.05) is 0 Å². The summed E-state index contributed by atoms with van der Waals surface area (Å²) in [5.41, 5.74) is 0.207. The molecule has 5 heteroatoms. The van der Waals surface area contributed by atoms with E-state index in [1.165, 1.54) is 17.4 Å². The van der Waals surface area contributed by atoms with Gasteiger partial charge >= 0.3 is 0 Å². The Morgan fingerprint density at radius 1 is 0.925 bits per heavy atom. The fourth-order valence-corrected chi connectivity index (χ4v) is 5.62. The van der Waals surface area contributed by atoms with Crippen molar-refractivity contribution < 1.29 is 42.0 Å². The van der Waals surface area contributed by atoms with Crippen LogP contribution in [-0.4, -0.2) is 15.0 Å². The van der Waals surface area contributed by atoms with Crippen LogP contribution in [0.15, 0.2) is 85.0 Å². The number of pyridine rings is 3. The van der Waals surface area contributed by atoms with E-state index in [1.54, 1.807) is 18.3 Å². The molecule has 6 aromatic rings. The van der Waals surface area contributed by atoms with E-state index in [4.69, 9.17) is 21.9 Å². The summed E-state index contributed by atoms with van der Waals surface area (Å²) in [7, 11) is 0. The van der Waals surface area contributed by atoms with Gasteiger partial charge in [0.2, 0.25) is 0 Å². The van der Waals surface area contributed by atoms with Gasteiger partial charge < -0.3 is 9.97 Å². The van der Waals surface area contributed by atoms with E-state index in [-0.39, 0.29) is 49.1 Å². The number of hydrogen-bond acceptors (Lipinski definition) is 4. The Balaban J connectivity index is 0.000000223. The van der Waals surface area contributed by atoms with Gasteiger partial charge in [-0.1, -0.05) is 54.9 Å². The number of nitrogens with zero attached hydrogens (tertiary/aromatic N) is 3. The summed E-state index contributed by atoms with van der Waals surface area (Å²) < 4.78 is 126. The van der Waals surface area contributed by atoms with Crippen molar-refractivity contribution in [3.63, 3.8) is 0 Å². The van der Waals surface area contributed by atoms with Gasteiger partial charge in [-0.2, -0.15) is 11.3 Å². The molecule has 3 nitrogen and oxygen atoms in total. The third kappa shape index (κ3) is 6.23. The molecule has 1 saturated carbocycles. The first kappa shape index (κ1) is 14.6. The number of aryl methyl sites for hydroxylation is 1. The number of benzene rings is 2. The second-order valence-corrected chi connectivity index (χ2v) is 9.88. The van der Waals surface area contributed by atoms with Crippen molar-refractivity contribution in [1.82, 2.24) is 15.0 Å². The van der Waals surface area contributed by atoms with Gasteiger partial charge in [-0.25, -0.2) is 4.98 Å². The van der Waals surface area contributed by atoms with Crippen molar-refractivity contribution in [1.29, 1.82) is 0 Å². The van der Waals surface area contributed by atoms with Crippen LogP contribution in [0.3, 0.4) is 0 Å². The van der Waals surface area contributed by atoms with Crippen molar-refractivity contribution >= 4 is 31.6 Å². The summed E-state index contributed by atoms with van der Waals surface area (Å²) in [4.78, 5) is 13.2. The Labute approximate surface area is 276 Å². The summed E-state index contributed by atoms with van der Waals surface area (Å²) >= 11 is 1.35. The normalized spacial score (nSPS) is 20.6. The van der Waals surface area contributed by atoms with Crippen LogP contribution in [0.2, 0.25) is 0 Å². The molecular weight excluding hydrogens is 687 g/mol. The standard InChI is InChI=1S/C23H21N2S.C12H10N.Ir/c1-15-10-12-19-18-8-5-9-20(22(18)26-23(19)25-15)21-13-11-17(14-24-21)16-6-3-2-4-7-16;1-10-7-8-12(13-9-10)11-5-3-2-4-6-11;/h5,8,10-14,16H,2-4,6-7H2,1H3;2-5,7-9H,1H3;/q2*-1;/i1D3,11D,13D,16D;1D3,2D,3D,4D,5D,7D,8D,9D;. The number of fused-ring (bicyclic) bond motifs is 3. The van der Waals surface area contributed by atoms with E-state index in [9.17, 15) is 0 Å². The molecule has 0 atom stereocenters. The number of aromatic nitrogens is 3. The molecule has 0 aliphatic heterocycles. The first-order valence-corrected chi connectivity index (χ1v) is 13.2. The SMILES string of the molecule is [2H]c1[c-]c(-c2nc([2H])c(C([2H])([2H])[2H])c([2H])c2[2H])c([2H])c([2H])c1[2H].[2H]c1c(C2([2H])CCCCC2)cnc(-c2[c-]ccc3c2sc2nc(C([2H])([2H])[2H])ccc23)c1[2H].[Ir]. The zero-order chi connectivity index (χ0) is 40.4. The van der Waals surface area contributed by atoms with E-state index >= 15 is 0 Å². The van der Waals surface area contributed by atoms with Crippen LogP contribution in [-0.2, 0) is 20.1 Å². The Morgan fingerprint density at radius 3 is 2.70 bits per heavy atom. The number of hydrogen-bond donors (Lipinski definition) is 0. The van der Waals surface area contributed by atoms with Gasteiger partial charge in [0.15, 0.2) is 0 Å². The average molecular weight is 734 g/mol. The molecule has 0 unspecified atom stereocenters. The topological polar surface area (TPSA) is 38.7 Å². The minimum atomic E-state index is -2.78. The van der Waals surface area contributed by atoms with E-state index in [0.717, 1.165) is 34.7 Å². The predicted molar refractivity (Wildman–Crippen MR) is 163 cm³/mol. The summed E-state index contributed by atoms with van der Waals surface area (Å²) in [6.45, 7) is -5.06. The fourth-order valence-electron chi connectivity index (χ4n) is 4.45. The Morgan fingerprint density at radius 2 is 1.82 bits per heavy atom. The second kappa shape index (κ2) is 13.0. The second-order valence-electron chi connectivity index (χ2n) is 8.88. The van der Waals surface area contributed by atoms with Gasteiger partial charge in [0.25, 0.3) is 0 Å². The molecule has 4 heterocycles. The van der Waals surface area contributed by atoms with Gasteiger partial charge in [-0.15, -0.1) is 59.6 Å². The summed E-state index contributed by atoms with van der Waals surface area (Å²) in [5.74, 6) is -0.848. The molecule has 7 rings (SSSR count). The van der Waals surface area contributed by atoms with Crippen molar-refractivity contribution in [3.8, 4) is 22.5 Å². The summed E-state index contributed by atoms with van der Waals surface area (Å²) in [6.07, 6.45) is 5.26. The molecule has 203 valence electrons. The summed E-state index contributed by atoms with van der Waals surface area (Å²) in [5, 5.41) is 1.74. The number of rotatable bonds is 3. The Bertz CT molecular complexity index is 2480. The molecule has 1 radical (unpaired) electrons. The maximum atomic E-state index is 8.85.